The van der Waals surface area contributed by atoms with E-state index in [1.54, 1.807) is 11.9 Å². The van der Waals surface area contributed by atoms with Crippen LogP contribution in [0.1, 0.15) is 39.5 Å². The number of hydrogen-bond donors (Lipinski definition) is 2. The SMILES string of the molecule is CCCC1(CCC)C(=N)NC(=O)N1C. The zero-order chi connectivity index (χ0) is 10.8. The van der Waals surface area contributed by atoms with E-state index in [-0.39, 0.29) is 11.6 Å². The predicted molar refractivity (Wildman–Crippen MR) is 56.6 cm³/mol. The summed E-state index contributed by atoms with van der Waals surface area (Å²) < 4.78 is 0. The molecule has 4 nitrogen and oxygen atoms in total. The predicted octanol–water partition coefficient (Wildman–Crippen LogP) is 1.96. The van der Waals surface area contributed by atoms with E-state index in [0.29, 0.717) is 5.84 Å². The monoisotopic (exact) mass is 197 g/mol. The zero-order valence-corrected chi connectivity index (χ0v) is 9.18. The van der Waals surface area contributed by atoms with E-state index >= 15 is 0 Å². The van der Waals surface area contributed by atoms with Crippen molar-refractivity contribution < 1.29 is 4.79 Å². The van der Waals surface area contributed by atoms with E-state index in [1.165, 1.54) is 0 Å². The third-order valence-corrected chi connectivity index (χ3v) is 2.97. The standard InChI is InChI=1S/C10H19N3O/c1-4-6-10(7-5-2)8(11)12-9(14)13(10)3/h4-7H2,1-3H3,(H2,11,12,14). The molecular weight excluding hydrogens is 178 g/mol. The normalized spacial score (nSPS) is 20.1. The van der Waals surface area contributed by atoms with Crippen LogP contribution < -0.4 is 5.32 Å². The molecule has 0 unspecified atom stereocenters. The number of likely N-dealkylation sites (N-methyl/N-ethyl adjacent to an activating group) is 1. The van der Waals surface area contributed by atoms with Crippen molar-refractivity contribution in [1.29, 1.82) is 5.41 Å². The first-order valence-corrected chi connectivity index (χ1v) is 5.22. The van der Waals surface area contributed by atoms with Gasteiger partial charge in [-0.15, -0.1) is 0 Å². The van der Waals surface area contributed by atoms with E-state index in [0.717, 1.165) is 25.7 Å². The number of amides is 2. The highest BCUT2D eigenvalue weighted by molar-refractivity contribution is 6.08. The average Bonchev–Trinajstić information content (AvgIpc) is 2.33. The fourth-order valence-electron chi connectivity index (χ4n) is 2.21. The summed E-state index contributed by atoms with van der Waals surface area (Å²) in [4.78, 5) is 13.1. The van der Waals surface area contributed by atoms with Gasteiger partial charge in [0.05, 0.1) is 0 Å². The summed E-state index contributed by atoms with van der Waals surface area (Å²) in [6.07, 6.45) is 3.72. The van der Waals surface area contributed by atoms with E-state index < -0.39 is 0 Å². The topological polar surface area (TPSA) is 56.2 Å². The third-order valence-electron chi connectivity index (χ3n) is 2.97. The fraction of sp³-hybridized carbons (Fsp3) is 0.800. The number of nitrogens with one attached hydrogen (secondary N) is 2. The van der Waals surface area contributed by atoms with Crippen LogP contribution in [0, 0.1) is 5.41 Å². The second kappa shape index (κ2) is 3.98. The molecule has 1 heterocycles. The minimum Gasteiger partial charge on any atom is -0.315 e. The van der Waals surface area contributed by atoms with Crippen molar-refractivity contribution in [2.45, 2.75) is 45.1 Å². The molecule has 0 bridgehead atoms. The Morgan fingerprint density at radius 3 is 2.14 bits per heavy atom. The van der Waals surface area contributed by atoms with Crippen LogP contribution in [0.3, 0.4) is 0 Å². The van der Waals surface area contributed by atoms with Crippen LogP contribution in [0.2, 0.25) is 0 Å². The average molecular weight is 197 g/mol. The van der Waals surface area contributed by atoms with E-state index in [9.17, 15) is 4.79 Å². The summed E-state index contributed by atoms with van der Waals surface area (Å²) in [6, 6.07) is -0.142. The Morgan fingerprint density at radius 1 is 1.36 bits per heavy atom. The Bertz CT molecular complexity index is 244. The molecule has 0 spiro atoms. The van der Waals surface area contributed by atoms with Gasteiger partial charge in [-0.3, -0.25) is 10.7 Å². The maximum absolute atomic E-state index is 11.4. The van der Waals surface area contributed by atoms with Gasteiger partial charge < -0.3 is 4.90 Å². The molecular formula is C10H19N3O. The number of carbonyl (C=O) groups is 1. The van der Waals surface area contributed by atoms with E-state index in [2.05, 4.69) is 19.2 Å². The second-order valence-electron chi connectivity index (χ2n) is 3.90. The smallest absolute Gasteiger partial charge is 0.315 e. The highest BCUT2D eigenvalue weighted by Crippen LogP contribution is 2.30. The molecule has 0 radical (unpaired) electrons. The summed E-state index contributed by atoms with van der Waals surface area (Å²) >= 11 is 0. The first-order valence-electron chi connectivity index (χ1n) is 5.22. The van der Waals surface area contributed by atoms with Gasteiger partial charge in [0.15, 0.2) is 0 Å². The molecule has 0 aromatic carbocycles. The molecule has 14 heavy (non-hydrogen) atoms. The molecule has 2 N–H and O–H groups in total. The van der Waals surface area contributed by atoms with E-state index in [1.807, 2.05) is 0 Å². The van der Waals surface area contributed by atoms with Crippen molar-refractivity contribution in [2.24, 2.45) is 0 Å². The third kappa shape index (κ3) is 1.49. The van der Waals surface area contributed by atoms with Gasteiger partial charge in [-0.2, -0.15) is 0 Å². The summed E-state index contributed by atoms with van der Waals surface area (Å²) in [6.45, 7) is 4.17. The summed E-state index contributed by atoms with van der Waals surface area (Å²) in [5.41, 5.74) is -0.361. The minimum absolute atomic E-state index is 0.142. The Balaban J connectivity index is 2.94. The van der Waals surface area contributed by atoms with Gasteiger partial charge >= 0.3 is 6.03 Å². The molecule has 1 aliphatic rings. The van der Waals surface area contributed by atoms with Crippen LogP contribution in [0.4, 0.5) is 4.79 Å². The Kier molecular flexibility index (Phi) is 3.13. The molecule has 2 amide bonds. The van der Waals surface area contributed by atoms with Crippen LogP contribution in [0.5, 0.6) is 0 Å². The van der Waals surface area contributed by atoms with Crippen molar-refractivity contribution in [3.05, 3.63) is 0 Å². The highest BCUT2D eigenvalue weighted by atomic mass is 16.2. The van der Waals surface area contributed by atoms with E-state index in [4.69, 9.17) is 5.41 Å². The van der Waals surface area contributed by atoms with Gasteiger partial charge in [-0.25, -0.2) is 4.79 Å². The van der Waals surface area contributed by atoms with Crippen molar-refractivity contribution >= 4 is 11.9 Å². The van der Waals surface area contributed by atoms with Crippen molar-refractivity contribution in [1.82, 2.24) is 10.2 Å². The molecule has 80 valence electrons. The first-order chi connectivity index (χ1) is 6.58. The van der Waals surface area contributed by atoms with Crippen molar-refractivity contribution in [3.63, 3.8) is 0 Å². The maximum atomic E-state index is 11.4. The highest BCUT2D eigenvalue weighted by Gasteiger charge is 2.46. The molecule has 4 heteroatoms. The van der Waals surface area contributed by atoms with Gasteiger partial charge in [0.2, 0.25) is 0 Å². The van der Waals surface area contributed by atoms with Crippen molar-refractivity contribution in [2.75, 3.05) is 7.05 Å². The zero-order valence-electron chi connectivity index (χ0n) is 9.18. The Morgan fingerprint density at radius 2 is 1.86 bits per heavy atom. The van der Waals surface area contributed by atoms with Crippen LogP contribution in [0.15, 0.2) is 0 Å². The number of hydrogen-bond acceptors (Lipinski definition) is 2. The van der Waals surface area contributed by atoms with Crippen LogP contribution >= 0.6 is 0 Å². The molecule has 1 saturated heterocycles. The summed E-state index contributed by atoms with van der Waals surface area (Å²) in [7, 11) is 1.78. The second-order valence-corrected chi connectivity index (χ2v) is 3.90. The quantitative estimate of drug-likeness (QED) is 0.711. The number of rotatable bonds is 4. The molecule has 0 saturated carbocycles. The van der Waals surface area contributed by atoms with Crippen LogP contribution in [-0.4, -0.2) is 29.4 Å². The van der Waals surface area contributed by atoms with Gasteiger partial charge in [-0.05, 0) is 12.8 Å². The molecule has 0 aromatic rings. The lowest BCUT2D eigenvalue weighted by molar-refractivity contribution is 0.180. The number of amidine groups is 1. The van der Waals surface area contributed by atoms with Gasteiger partial charge in [0, 0.05) is 7.05 Å². The Hall–Kier alpha value is -1.06. The number of carbonyl (C=O) groups excluding carboxylic acids is 1. The lowest BCUT2D eigenvalue weighted by Gasteiger charge is -2.33. The molecule has 1 rings (SSSR count). The molecule has 1 fully saturated rings. The van der Waals surface area contributed by atoms with Gasteiger partial charge in [-0.1, -0.05) is 26.7 Å². The first kappa shape index (κ1) is 11.0. The molecule has 0 aromatic heterocycles. The van der Waals surface area contributed by atoms with Gasteiger partial charge in [0.25, 0.3) is 0 Å². The summed E-state index contributed by atoms with van der Waals surface area (Å²) in [5.74, 6) is 0.369. The fourth-order valence-corrected chi connectivity index (χ4v) is 2.21. The van der Waals surface area contributed by atoms with Crippen molar-refractivity contribution in [3.8, 4) is 0 Å². The van der Waals surface area contributed by atoms with Gasteiger partial charge in [0.1, 0.15) is 11.4 Å². The lowest BCUT2D eigenvalue weighted by Crippen LogP contribution is -2.47. The Labute approximate surface area is 85.2 Å². The maximum Gasteiger partial charge on any atom is 0.323 e. The largest absolute Gasteiger partial charge is 0.323 e. The summed E-state index contributed by atoms with van der Waals surface area (Å²) in [5, 5.41) is 10.4. The van der Waals surface area contributed by atoms with Crippen LogP contribution in [0.25, 0.3) is 0 Å². The molecule has 0 atom stereocenters. The molecule has 0 aliphatic carbocycles. The lowest BCUT2D eigenvalue weighted by atomic mass is 9.87. The minimum atomic E-state index is -0.361. The van der Waals surface area contributed by atoms with Crippen LogP contribution in [-0.2, 0) is 0 Å². The molecule has 1 aliphatic heterocycles. The number of urea groups is 1. The number of nitrogens with zero attached hydrogens (tertiary/aromatic N) is 1.